The minimum absolute atomic E-state index is 0.488. The molecule has 3 aromatic carbocycles. The van der Waals surface area contributed by atoms with E-state index in [1.165, 1.54) is 0 Å². The van der Waals surface area contributed by atoms with E-state index >= 15 is 0 Å². The van der Waals surface area contributed by atoms with Crippen molar-refractivity contribution in [1.82, 2.24) is 5.32 Å². The van der Waals surface area contributed by atoms with Crippen LogP contribution in [0.1, 0.15) is 22.8 Å². The van der Waals surface area contributed by atoms with Gasteiger partial charge in [0.15, 0.2) is 0 Å². The number of hydrogen-bond donors (Lipinski definition) is 2. The number of aliphatic hydroxyl groups excluding tert-OH is 1. The molecule has 0 aromatic heterocycles. The molecule has 4 heteroatoms. The number of halogens is 1. The maximum absolute atomic E-state index is 10.1. The van der Waals surface area contributed by atoms with Crippen LogP contribution in [0.3, 0.4) is 0 Å². The average molecular weight is 368 g/mol. The van der Waals surface area contributed by atoms with E-state index in [0.29, 0.717) is 24.7 Å². The zero-order valence-electron chi connectivity index (χ0n) is 14.4. The summed E-state index contributed by atoms with van der Waals surface area (Å²) >= 11 is 5.98. The summed E-state index contributed by atoms with van der Waals surface area (Å²) < 4.78 is 5.78. The lowest BCUT2D eigenvalue weighted by Crippen LogP contribution is -2.20. The van der Waals surface area contributed by atoms with Gasteiger partial charge in [0.1, 0.15) is 12.4 Å². The van der Waals surface area contributed by atoms with E-state index in [2.05, 4.69) is 5.32 Å². The monoisotopic (exact) mass is 367 g/mol. The van der Waals surface area contributed by atoms with Crippen LogP contribution in [0.4, 0.5) is 0 Å². The molecule has 0 radical (unpaired) electrons. The van der Waals surface area contributed by atoms with Crippen molar-refractivity contribution in [3.05, 3.63) is 101 Å². The highest BCUT2D eigenvalue weighted by Crippen LogP contribution is 2.17. The quantitative estimate of drug-likeness (QED) is 0.604. The van der Waals surface area contributed by atoms with Crippen LogP contribution in [-0.4, -0.2) is 11.7 Å². The molecule has 0 heterocycles. The zero-order chi connectivity index (χ0) is 18.2. The number of rotatable bonds is 8. The Hall–Kier alpha value is -2.33. The van der Waals surface area contributed by atoms with Crippen molar-refractivity contribution in [1.29, 1.82) is 0 Å². The first-order valence-corrected chi connectivity index (χ1v) is 8.98. The Kier molecular flexibility index (Phi) is 6.67. The molecule has 0 aliphatic carbocycles. The van der Waals surface area contributed by atoms with Gasteiger partial charge in [-0.15, -0.1) is 0 Å². The van der Waals surface area contributed by atoms with Gasteiger partial charge in [0.25, 0.3) is 0 Å². The van der Waals surface area contributed by atoms with Gasteiger partial charge >= 0.3 is 0 Å². The molecule has 3 nitrogen and oxygen atoms in total. The normalized spacial score (nSPS) is 11.9. The molecule has 0 aliphatic heterocycles. The third kappa shape index (κ3) is 5.60. The second kappa shape index (κ2) is 9.39. The summed E-state index contributed by atoms with van der Waals surface area (Å²) in [6.45, 7) is 1.69. The highest BCUT2D eigenvalue weighted by molar-refractivity contribution is 6.30. The molecule has 3 aromatic rings. The molecule has 0 fully saturated rings. The standard InChI is InChI=1S/C22H22ClNO2/c23-20-8-4-5-18(13-20)16-26-21-11-9-17(10-12-21)14-24-15-22(25)19-6-2-1-3-7-19/h1-13,22,24-25H,14-16H2/t22-/m0/s1. The van der Waals surface area contributed by atoms with Crippen LogP contribution in [0.25, 0.3) is 0 Å². The van der Waals surface area contributed by atoms with E-state index in [1.54, 1.807) is 0 Å². The van der Waals surface area contributed by atoms with Crippen molar-refractivity contribution in [2.24, 2.45) is 0 Å². The molecule has 0 aliphatic rings. The summed E-state index contributed by atoms with van der Waals surface area (Å²) in [7, 11) is 0. The molecule has 0 amide bonds. The van der Waals surface area contributed by atoms with Crippen LogP contribution in [0.2, 0.25) is 5.02 Å². The number of hydrogen-bond acceptors (Lipinski definition) is 3. The van der Waals surface area contributed by atoms with E-state index in [9.17, 15) is 5.11 Å². The summed E-state index contributed by atoms with van der Waals surface area (Å²) in [6, 6.07) is 25.3. The first-order valence-electron chi connectivity index (χ1n) is 8.60. The smallest absolute Gasteiger partial charge is 0.119 e. The van der Waals surface area contributed by atoms with Crippen molar-refractivity contribution in [2.75, 3.05) is 6.54 Å². The van der Waals surface area contributed by atoms with Crippen molar-refractivity contribution in [2.45, 2.75) is 19.3 Å². The second-order valence-corrected chi connectivity index (χ2v) is 6.56. The first kappa shape index (κ1) is 18.5. The van der Waals surface area contributed by atoms with Crippen LogP contribution in [0, 0.1) is 0 Å². The zero-order valence-corrected chi connectivity index (χ0v) is 15.2. The third-order valence-corrected chi connectivity index (χ3v) is 4.30. The van der Waals surface area contributed by atoms with E-state index in [-0.39, 0.29) is 0 Å². The molecular formula is C22H22ClNO2. The molecule has 0 spiro atoms. The molecule has 0 saturated carbocycles. The lowest BCUT2D eigenvalue weighted by atomic mass is 10.1. The van der Waals surface area contributed by atoms with Crippen LogP contribution >= 0.6 is 11.6 Å². The number of benzene rings is 3. The van der Waals surface area contributed by atoms with Gasteiger partial charge in [0.2, 0.25) is 0 Å². The number of aliphatic hydroxyl groups is 1. The average Bonchev–Trinajstić information content (AvgIpc) is 2.68. The summed E-state index contributed by atoms with van der Waals surface area (Å²) in [5.74, 6) is 0.818. The summed E-state index contributed by atoms with van der Waals surface area (Å²) in [6.07, 6.45) is -0.503. The highest BCUT2D eigenvalue weighted by Gasteiger charge is 2.06. The summed E-state index contributed by atoms with van der Waals surface area (Å²) in [4.78, 5) is 0. The van der Waals surface area contributed by atoms with Crippen LogP contribution < -0.4 is 10.1 Å². The molecule has 1 atom stereocenters. The fraction of sp³-hybridized carbons (Fsp3) is 0.182. The van der Waals surface area contributed by atoms with Crippen LogP contribution in [0.5, 0.6) is 5.75 Å². The summed E-state index contributed by atoms with van der Waals surface area (Å²) in [5.41, 5.74) is 3.10. The largest absolute Gasteiger partial charge is 0.489 e. The van der Waals surface area contributed by atoms with Gasteiger partial charge in [-0.3, -0.25) is 0 Å². The Bertz CT molecular complexity index is 806. The maximum atomic E-state index is 10.1. The predicted molar refractivity (Wildman–Crippen MR) is 105 cm³/mol. The lowest BCUT2D eigenvalue weighted by Gasteiger charge is -2.12. The Balaban J connectivity index is 1.44. The van der Waals surface area contributed by atoms with E-state index < -0.39 is 6.10 Å². The van der Waals surface area contributed by atoms with Gasteiger partial charge in [-0.05, 0) is 41.0 Å². The highest BCUT2D eigenvalue weighted by atomic mass is 35.5. The van der Waals surface area contributed by atoms with Gasteiger partial charge in [-0.25, -0.2) is 0 Å². The fourth-order valence-corrected chi connectivity index (χ4v) is 2.86. The number of nitrogens with one attached hydrogen (secondary N) is 1. The Morgan fingerprint density at radius 2 is 1.65 bits per heavy atom. The molecule has 3 rings (SSSR count). The lowest BCUT2D eigenvalue weighted by molar-refractivity contribution is 0.174. The fourth-order valence-electron chi connectivity index (χ4n) is 2.64. The minimum Gasteiger partial charge on any atom is -0.489 e. The minimum atomic E-state index is -0.503. The molecule has 0 bridgehead atoms. The van der Waals surface area contributed by atoms with Crippen LogP contribution in [-0.2, 0) is 13.2 Å². The Morgan fingerprint density at radius 1 is 0.885 bits per heavy atom. The van der Waals surface area contributed by atoms with Crippen molar-refractivity contribution in [3.63, 3.8) is 0 Å². The van der Waals surface area contributed by atoms with Crippen molar-refractivity contribution < 1.29 is 9.84 Å². The van der Waals surface area contributed by atoms with Gasteiger partial charge in [-0.1, -0.05) is 66.2 Å². The second-order valence-electron chi connectivity index (χ2n) is 6.12. The van der Waals surface area contributed by atoms with Gasteiger partial charge < -0.3 is 15.2 Å². The molecule has 26 heavy (non-hydrogen) atoms. The van der Waals surface area contributed by atoms with Gasteiger partial charge in [-0.2, -0.15) is 0 Å². The van der Waals surface area contributed by atoms with Crippen LogP contribution in [0.15, 0.2) is 78.9 Å². The van der Waals surface area contributed by atoms with Gasteiger partial charge in [0.05, 0.1) is 6.10 Å². The molecular weight excluding hydrogens is 346 g/mol. The SMILES string of the molecule is O[C@@H](CNCc1ccc(OCc2cccc(Cl)c2)cc1)c1ccccc1. The topological polar surface area (TPSA) is 41.5 Å². The number of ether oxygens (including phenoxy) is 1. The maximum Gasteiger partial charge on any atom is 0.119 e. The van der Waals surface area contributed by atoms with E-state index in [4.69, 9.17) is 16.3 Å². The third-order valence-electron chi connectivity index (χ3n) is 4.07. The van der Waals surface area contributed by atoms with Crippen molar-refractivity contribution in [3.8, 4) is 5.75 Å². The Morgan fingerprint density at radius 3 is 2.38 bits per heavy atom. The first-order chi connectivity index (χ1) is 12.7. The molecule has 0 unspecified atom stereocenters. The van der Waals surface area contributed by atoms with Gasteiger partial charge in [0, 0.05) is 18.1 Å². The molecule has 134 valence electrons. The van der Waals surface area contributed by atoms with E-state index in [0.717, 1.165) is 22.4 Å². The molecule has 2 N–H and O–H groups in total. The summed E-state index contributed by atoms with van der Waals surface area (Å²) in [5, 5.41) is 14.1. The Labute approximate surface area is 159 Å². The predicted octanol–water partition coefficient (Wildman–Crippen LogP) is 4.74. The molecule has 0 saturated heterocycles. The van der Waals surface area contributed by atoms with E-state index in [1.807, 2.05) is 78.9 Å². The van der Waals surface area contributed by atoms with Crippen molar-refractivity contribution >= 4 is 11.6 Å².